The molecular weight excluding hydrogens is 309 g/mol. The van der Waals surface area contributed by atoms with Crippen LogP contribution in [0.2, 0.25) is 0 Å². The molecule has 0 amide bonds. The summed E-state index contributed by atoms with van der Waals surface area (Å²) in [6.07, 6.45) is -4.78. The van der Waals surface area contributed by atoms with Crippen LogP contribution in [0.25, 0.3) is 22.3 Å². The molecule has 0 radical (unpaired) electrons. The Balaban J connectivity index is 2.10. The zero-order valence-corrected chi connectivity index (χ0v) is 11.9. The van der Waals surface area contributed by atoms with Crippen LogP contribution >= 0.6 is 0 Å². The molecule has 23 heavy (non-hydrogen) atoms. The second-order valence-corrected chi connectivity index (χ2v) is 5.01. The fraction of sp³-hybridized carbons (Fsp3) is 0.125. The number of aromatic amines is 1. The van der Waals surface area contributed by atoms with Gasteiger partial charge in [-0.3, -0.25) is 4.79 Å². The van der Waals surface area contributed by atoms with E-state index in [1.807, 2.05) is 6.92 Å². The summed E-state index contributed by atoms with van der Waals surface area (Å²) in [5.41, 5.74) is 1.38. The number of benzene rings is 2. The summed E-state index contributed by atoms with van der Waals surface area (Å²) < 4.78 is 40.8. The number of aromatic nitrogens is 2. The van der Waals surface area contributed by atoms with Gasteiger partial charge in [-0.2, -0.15) is 0 Å². The Morgan fingerprint density at radius 1 is 1.13 bits per heavy atom. The Morgan fingerprint density at radius 2 is 1.91 bits per heavy atom. The molecule has 0 saturated carbocycles. The Labute approximate surface area is 128 Å². The number of aryl methyl sites for hydroxylation is 1. The van der Waals surface area contributed by atoms with Gasteiger partial charge < -0.3 is 9.72 Å². The van der Waals surface area contributed by atoms with Gasteiger partial charge >= 0.3 is 6.36 Å². The molecule has 0 bridgehead atoms. The van der Waals surface area contributed by atoms with Crippen molar-refractivity contribution in [2.75, 3.05) is 0 Å². The molecule has 2 aromatic carbocycles. The van der Waals surface area contributed by atoms with Crippen LogP contribution in [0.5, 0.6) is 5.75 Å². The lowest BCUT2D eigenvalue weighted by atomic mass is 10.1. The second-order valence-electron chi connectivity index (χ2n) is 5.01. The molecule has 0 unspecified atom stereocenters. The van der Waals surface area contributed by atoms with E-state index in [0.717, 1.165) is 5.56 Å². The number of hydrogen-bond acceptors (Lipinski definition) is 3. The summed E-state index contributed by atoms with van der Waals surface area (Å²) in [6, 6.07) is 10.5. The van der Waals surface area contributed by atoms with Crippen LogP contribution in [0.1, 0.15) is 5.56 Å². The van der Waals surface area contributed by atoms with E-state index in [-0.39, 0.29) is 17.1 Å². The molecule has 0 saturated heterocycles. The summed E-state index contributed by atoms with van der Waals surface area (Å²) in [6.45, 7) is 1.86. The first kappa shape index (κ1) is 15.1. The minimum absolute atomic E-state index is 0.181. The first-order valence-electron chi connectivity index (χ1n) is 6.69. The first-order valence-corrected chi connectivity index (χ1v) is 6.69. The number of hydrogen-bond donors (Lipinski definition) is 1. The van der Waals surface area contributed by atoms with Crippen molar-refractivity contribution >= 4 is 10.9 Å². The van der Waals surface area contributed by atoms with Crippen LogP contribution in [0.15, 0.2) is 47.3 Å². The van der Waals surface area contributed by atoms with Gasteiger partial charge in [-0.25, -0.2) is 4.98 Å². The van der Waals surface area contributed by atoms with Crippen LogP contribution in [0, 0.1) is 6.92 Å². The zero-order chi connectivity index (χ0) is 16.6. The van der Waals surface area contributed by atoms with Crippen LogP contribution in [0.3, 0.4) is 0 Å². The molecule has 7 heteroatoms. The predicted octanol–water partition coefficient (Wildman–Crippen LogP) is 3.80. The molecule has 0 atom stereocenters. The van der Waals surface area contributed by atoms with E-state index in [1.165, 1.54) is 18.2 Å². The topological polar surface area (TPSA) is 55.0 Å². The van der Waals surface area contributed by atoms with E-state index in [2.05, 4.69) is 14.7 Å². The Bertz CT molecular complexity index is 932. The maximum absolute atomic E-state index is 12.3. The number of alkyl halides is 3. The van der Waals surface area contributed by atoms with Crippen molar-refractivity contribution < 1.29 is 17.9 Å². The lowest BCUT2D eigenvalue weighted by Gasteiger charge is -2.10. The molecular formula is C16H11F3N2O2. The summed E-state index contributed by atoms with van der Waals surface area (Å²) in [7, 11) is 0. The Kier molecular flexibility index (Phi) is 3.55. The highest BCUT2D eigenvalue weighted by Crippen LogP contribution is 2.26. The third-order valence-corrected chi connectivity index (χ3v) is 3.20. The number of halogens is 3. The van der Waals surface area contributed by atoms with Crippen LogP contribution < -0.4 is 10.3 Å². The van der Waals surface area contributed by atoms with E-state index >= 15 is 0 Å². The lowest BCUT2D eigenvalue weighted by molar-refractivity contribution is -0.274. The lowest BCUT2D eigenvalue weighted by Crippen LogP contribution is -2.17. The maximum atomic E-state index is 12.3. The third-order valence-electron chi connectivity index (χ3n) is 3.20. The van der Waals surface area contributed by atoms with Crippen LogP contribution in [-0.4, -0.2) is 16.3 Å². The van der Waals surface area contributed by atoms with Crippen molar-refractivity contribution in [2.24, 2.45) is 0 Å². The highest BCUT2D eigenvalue weighted by molar-refractivity contribution is 5.80. The molecule has 0 spiro atoms. The second kappa shape index (κ2) is 5.42. The van der Waals surface area contributed by atoms with Crippen molar-refractivity contribution in [1.29, 1.82) is 0 Å². The van der Waals surface area contributed by atoms with Crippen LogP contribution in [-0.2, 0) is 0 Å². The number of fused-ring (bicyclic) bond motifs is 1. The molecule has 1 aromatic heterocycles. The molecule has 118 valence electrons. The fourth-order valence-corrected chi connectivity index (χ4v) is 2.23. The van der Waals surface area contributed by atoms with Crippen molar-refractivity contribution in [3.8, 4) is 17.1 Å². The number of ether oxygens (including phenoxy) is 1. The molecule has 4 nitrogen and oxygen atoms in total. The third kappa shape index (κ3) is 3.33. The van der Waals surface area contributed by atoms with E-state index < -0.39 is 6.36 Å². The zero-order valence-electron chi connectivity index (χ0n) is 11.9. The van der Waals surface area contributed by atoms with Gasteiger partial charge in [0.15, 0.2) is 0 Å². The average molecular weight is 320 g/mol. The number of H-pyrrole nitrogens is 1. The number of nitrogens with one attached hydrogen (secondary N) is 1. The standard InChI is InChI=1S/C16H11F3N2O2/c1-9-5-6-12-13(7-9)20-14(21-15(12)22)10-3-2-4-11(8-10)23-16(17,18)19/h2-8H,1H3,(H,20,21,22). The molecule has 0 aliphatic rings. The van der Waals surface area contributed by atoms with E-state index in [1.54, 1.807) is 24.3 Å². The predicted molar refractivity (Wildman–Crippen MR) is 79.2 cm³/mol. The van der Waals surface area contributed by atoms with Gasteiger partial charge in [-0.15, -0.1) is 13.2 Å². The average Bonchev–Trinajstić information content (AvgIpc) is 2.45. The fourth-order valence-electron chi connectivity index (χ4n) is 2.23. The van der Waals surface area contributed by atoms with E-state index in [4.69, 9.17) is 0 Å². The monoisotopic (exact) mass is 320 g/mol. The minimum Gasteiger partial charge on any atom is -0.406 e. The van der Waals surface area contributed by atoms with E-state index in [9.17, 15) is 18.0 Å². The van der Waals surface area contributed by atoms with Crippen molar-refractivity contribution in [2.45, 2.75) is 13.3 Å². The van der Waals surface area contributed by atoms with Gasteiger partial charge in [-0.05, 0) is 36.8 Å². The van der Waals surface area contributed by atoms with Gasteiger partial charge in [0.2, 0.25) is 0 Å². The minimum atomic E-state index is -4.78. The quantitative estimate of drug-likeness (QED) is 0.781. The van der Waals surface area contributed by atoms with E-state index in [0.29, 0.717) is 16.5 Å². The summed E-state index contributed by atoms with van der Waals surface area (Å²) in [5, 5.41) is 0.419. The Morgan fingerprint density at radius 3 is 2.65 bits per heavy atom. The van der Waals surface area contributed by atoms with Crippen molar-refractivity contribution in [1.82, 2.24) is 9.97 Å². The SMILES string of the molecule is Cc1ccc2c(=O)[nH]c(-c3cccc(OC(F)(F)F)c3)nc2c1. The molecule has 3 rings (SSSR count). The summed E-state index contributed by atoms with van der Waals surface area (Å²) in [4.78, 5) is 19.0. The van der Waals surface area contributed by atoms with Gasteiger partial charge in [0.25, 0.3) is 5.56 Å². The molecule has 1 heterocycles. The van der Waals surface area contributed by atoms with Gasteiger partial charge in [0.1, 0.15) is 11.6 Å². The molecule has 3 aromatic rings. The highest BCUT2D eigenvalue weighted by atomic mass is 19.4. The van der Waals surface area contributed by atoms with Gasteiger partial charge in [0.05, 0.1) is 10.9 Å². The maximum Gasteiger partial charge on any atom is 0.573 e. The molecule has 0 fully saturated rings. The Hall–Kier alpha value is -2.83. The smallest absolute Gasteiger partial charge is 0.406 e. The van der Waals surface area contributed by atoms with Crippen molar-refractivity contribution in [3.63, 3.8) is 0 Å². The normalized spacial score (nSPS) is 11.7. The molecule has 0 aliphatic heterocycles. The van der Waals surface area contributed by atoms with Gasteiger partial charge in [0, 0.05) is 5.56 Å². The molecule has 1 N–H and O–H groups in total. The van der Waals surface area contributed by atoms with Crippen LogP contribution in [0.4, 0.5) is 13.2 Å². The van der Waals surface area contributed by atoms with Gasteiger partial charge in [-0.1, -0.05) is 18.2 Å². The first-order chi connectivity index (χ1) is 10.8. The number of nitrogens with zero attached hydrogens (tertiary/aromatic N) is 1. The summed E-state index contributed by atoms with van der Waals surface area (Å²) >= 11 is 0. The van der Waals surface area contributed by atoms with Crippen molar-refractivity contribution in [3.05, 3.63) is 58.4 Å². The largest absolute Gasteiger partial charge is 0.573 e. The number of rotatable bonds is 2. The molecule has 0 aliphatic carbocycles. The summed E-state index contributed by atoms with van der Waals surface area (Å²) in [5.74, 6) is -0.192. The highest BCUT2D eigenvalue weighted by Gasteiger charge is 2.31.